The predicted octanol–water partition coefficient (Wildman–Crippen LogP) is 6.46. The quantitative estimate of drug-likeness (QED) is 0.368. The maximum atomic E-state index is 14.9. The molecule has 0 spiro atoms. The molecule has 2 atom stereocenters. The SMILES string of the molecule is COc1cc(-c2ccc(C3CCc4ccc(CC(C)C(=O)O)cc4O3)cc2CN(C)C(C)(C)C)c(F)cn1. The standard InChI is InChI=1S/C31H37FN2O4/c1-19(30(35)36)13-20-7-8-21-10-12-27(38-28(21)14-20)22-9-11-24(23(15-22)18-34(5)31(2,3)4)25-16-29(37-6)33-17-26(25)32/h7-9,11,14-17,19,27H,10,12-13,18H2,1-6H3,(H,35,36). The molecule has 1 aliphatic rings. The van der Waals surface area contributed by atoms with Crippen LogP contribution in [0.2, 0.25) is 0 Å². The smallest absolute Gasteiger partial charge is 0.306 e. The molecule has 2 unspecified atom stereocenters. The van der Waals surface area contributed by atoms with Crippen molar-refractivity contribution in [3.63, 3.8) is 0 Å². The largest absolute Gasteiger partial charge is 0.485 e. The molecule has 1 aliphatic heterocycles. The highest BCUT2D eigenvalue weighted by Crippen LogP contribution is 2.38. The summed E-state index contributed by atoms with van der Waals surface area (Å²) in [6.07, 6.45) is 3.19. The Balaban J connectivity index is 1.68. The minimum atomic E-state index is -0.808. The molecular weight excluding hydrogens is 483 g/mol. The molecule has 2 heterocycles. The molecule has 3 aromatic rings. The lowest BCUT2D eigenvalue weighted by molar-refractivity contribution is -0.141. The van der Waals surface area contributed by atoms with Gasteiger partial charge in [-0.15, -0.1) is 0 Å². The average molecular weight is 521 g/mol. The number of nitrogens with zero attached hydrogens (tertiary/aromatic N) is 2. The Hall–Kier alpha value is -3.45. The Morgan fingerprint density at radius 1 is 1.21 bits per heavy atom. The highest BCUT2D eigenvalue weighted by Gasteiger charge is 2.25. The third-order valence-electron chi connectivity index (χ3n) is 7.42. The molecule has 4 rings (SSSR count). The van der Waals surface area contributed by atoms with Crippen molar-refractivity contribution >= 4 is 5.97 Å². The highest BCUT2D eigenvalue weighted by molar-refractivity contribution is 5.70. The van der Waals surface area contributed by atoms with E-state index in [9.17, 15) is 14.3 Å². The first-order valence-electron chi connectivity index (χ1n) is 13.0. The number of rotatable bonds is 8. The summed E-state index contributed by atoms with van der Waals surface area (Å²) in [7, 11) is 3.58. The minimum absolute atomic E-state index is 0.0779. The first-order valence-corrected chi connectivity index (χ1v) is 13.0. The Kier molecular flexibility index (Phi) is 8.07. The van der Waals surface area contributed by atoms with E-state index in [0.717, 1.165) is 46.4 Å². The van der Waals surface area contributed by atoms with Gasteiger partial charge in [0.15, 0.2) is 0 Å². The van der Waals surface area contributed by atoms with Gasteiger partial charge in [-0.3, -0.25) is 9.69 Å². The normalized spacial score (nSPS) is 16.1. The van der Waals surface area contributed by atoms with Gasteiger partial charge in [0, 0.05) is 23.7 Å². The molecule has 38 heavy (non-hydrogen) atoms. The van der Waals surface area contributed by atoms with Crippen LogP contribution in [0.5, 0.6) is 11.6 Å². The van der Waals surface area contributed by atoms with Crippen molar-refractivity contribution in [1.82, 2.24) is 9.88 Å². The zero-order chi connectivity index (χ0) is 27.6. The van der Waals surface area contributed by atoms with Crippen molar-refractivity contribution in [2.24, 2.45) is 5.92 Å². The number of ether oxygens (including phenoxy) is 2. The third kappa shape index (κ3) is 6.16. The Labute approximate surface area is 224 Å². The number of carboxylic acid groups (broad SMARTS) is 1. The number of fused-ring (bicyclic) bond motifs is 1. The number of benzene rings is 2. The topological polar surface area (TPSA) is 71.9 Å². The summed E-state index contributed by atoms with van der Waals surface area (Å²) in [6.45, 7) is 8.78. The number of hydrogen-bond donors (Lipinski definition) is 1. The van der Waals surface area contributed by atoms with E-state index in [1.165, 1.54) is 13.3 Å². The van der Waals surface area contributed by atoms with E-state index in [0.29, 0.717) is 24.4 Å². The summed E-state index contributed by atoms with van der Waals surface area (Å²) >= 11 is 0. The second kappa shape index (κ2) is 11.1. The number of hydrogen-bond acceptors (Lipinski definition) is 5. The fraction of sp³-hybridized carbons (Fsp3) is 0.419. The summed E-state index contributed by atoms with van der Waals surface area (Å²) in [5.74, 6) is -0.504. The molecule has 1 N–H and O–H groups in total. The average Bonchev–Trinajstić information content (AvgIpc) is 2.88. The van der Waals surface area contributed by atoms with Gasteiger partial charge in [-0.25, -0.2) is 9.37 Å². The Bertz CT molecular complexity index is 1320. The second-order valence-corrected chi connectivity index (χ2v) is 11.2. The molecule has 202 valence electrons. The molecule has 0 amide bonds. The molecule has 0 radical (unpaired) electrons. The van der Waals surface area contributed by atoms with Gasteiger partial charge < -0.3 is 14.6 Å². The fourth-order valence-electron chi connectivity index (χ4n) is 4.65. The molecule has 2 aromatic carbocycles. The molecule has 0 bridgehead atoms. The van der Waals surface area contributed by atoms with Crippen LogP contribution >= 0.6 is 0 Å². The van der Waals surface area contributed by atoms with E-state index in [-0.39, 0.29) is 11.6 Å². The van der Waals surface area contributed by atoms with Gasteiger partial charge in [0.05, 0.1) is 19.2 Å². The molecule has 1 aromatic heterocycles. The number of carboxylic acids is 1. The Morgan fingerprint density at radius 2 is 1.97 bits per heavy atom. The third-order valence-corrected chi connectivity index (χ3v) is 7.42. The fourth-order valence-corrected chi connectivity index (χ4v) is 4.65. The number of pyridine rings is 1. The van der Waals surface area contributed by atoms with Gasteiger partial charge in [0.1, 0.15) is 17.7 Å². The number of aliphatic carboxylic acids is 1. The van der Waals surface area contributed by atoms with Crippen molar-refractivity contribution < 1.29 is 23.8 Å². The summed E-state index contributed by atoms with van der Waals surface area (Å²) in [4.78, 5) is 17.6. The van der Waals surface area contributed by atoms with Gasteiger partial charge in [0.2, 0.25) is 5.88 Å². The molecule has 0 saturated carbocycles. The van der Waals surface area contributed by atoms with Crippen LogP contribution in [-0.2, 0) is 24.2 Å². The molecule has 0 saturated heterocycles. The van der Waals surface area contributed by atoms with Gasteiger partial charge in [-0.05, 0) is 81.0 Å². The first-order chi connectivity index (χ1) is 18.0. The summed E-state index contributed by atoms with van der Waals surface area (Å²) in [5, 5.41) is 9.29. The molecule has 6 nitrogen and oxygen atoms in total. The zero-order valence-corrected chi connectivity index (χ0v) is 23.0. The van der Waals surface area contributed by atoms with Crippen LogP contribution in [0.4, 0.5) is 4.39 Å². The van der Waals surface area contributed by atoms with Crippen molar-refractivity contribution in [3.05, 3.63) is 76.7 Å². The number of aryl methyl sites for hydroxylation is 1. The zero-order valence-electron chi connectivity index (χ0n) is 23.0. The van der Waals surface area contributed by atoms with Gasteiger partial charge in [0.25, 0.3) is 0 Å². The van der Waals surface area contributed by atoms with Gasteiger partial charge >= 0.3 is 5.97 Å². The van der Waals surface area contributed by atoms with Crippen LogP contribution in [-0.4, -0.2) is 40.7 Å². The van der Waals surface area contributed by atoms with E-state index in [2.05, 4.69) is 43.8 Å². The summed E-state index contributed by atoms with van der Waals surface area (Å²) < 4.78 is 26.7. The molecule has 7 heteroatoms. The monoisotopic (exact) mass is 520 g/mol. The molecule has 0 aliphatic carbocycles. The minimum Gasteiger partial charge on any atom is -0.485 e. The van der Waals surface area contributed by atoms with Crippen molar-refractivity contribution in [2.75, 3.05) is 14.2 Å². The van der Waals surface area contributed by atoms with E-state index in [1.54, 1.807) is 13.0 Å². The maximum absolute atomic E-state index is 14.9. The van der Waals surface area contributed by atoms with Crippen LogP contribution in [0.3, 0.4) is 0 Å². The van der Waals surface area contributed by atoms with Gasteiger partial charge in [-0.1, -0.05) is 37.3 Å². The second-order valence-electron chi connectivity index (χ2n) is 11.2. The van der Waals surface area contributed by atoms with E-state index in [1.807, 2.05) is 30.3 Å². The van der Waals surface area contributed by atoms with E-state index < -0.39 is 17.7 Å². The lowest BCUT2D eigenvalue weighted by Crippen LogP contribution is -2.37. The number of aromatic nitrogens is 1. The number of methoxy groups -OCH3 is 1. The van der Waals surface area contributed by atoms with E-state index in [4.69, 9.17) is 9.47 Å². The van der Waals surface area contributed by atoms with Crippen molar-refractivity contribution in [2.45, 2.75) is 65.1 Å². The Morgan fingerprint density at radius 3 is 2.66 bits per heavy atom. The summed E-state index contributed by atoms with van der Waals surface area (Å²) in [5.41, 5.74) is 5.27. The van der Waals surface area contributed by atoms with Gasteiger partial charge in [-0.2, -0.15) is 0 Å². The molecule has 0 fully saturated rings. The first kappa shape index (κ1) is 27.6. The highest BCUT2D eigenvalue weighted by atomic mass is 19.1. The lowest BCUT2D eigenvalue weighted by Gasteiger charge is -2.33. The molecular formula is C31H37FN2O4. The summed E-state index contributed by atoms with van der Waals surface area (Å²) in [6, 6.07) is 13.7. The number of carbonyl (C=O) groups is 1. The predicted molar refractivity (Wildman–Crippen MR) is 146 cm³/mol. The number of halogens is 1. The van der Waals surface area contributed by atoms with Crippen LogP contribution in [0.15, 0.2) is 48.7 Å². The van der Waals surface area contributed by atoms with Crippen LogP contribution in [0, 0.1) is 11.7 Å². The van der Waals surface area contributed by atoms with Crippen molar-refractivity contribution in [1.29, 1.82) is 0 Å². The van der Waals surface area contributed by atoms with Crippen LogP contribution in [0.25, 0.3) is 11.1 Å². The maximum Gasteiger partial charge on any atom is 0.306 e. The van der Waals surface area contributed by atoms with E-state index >= 15 is 0 Å². The lowest BCUT2D eigenvalue weighted by atomic mass is 9.91. The van der Waals surface area contributed by atoms with Crippen LogP contribution < -0.4 is 9.47 Å². The van der Waals surface area contributed by atoms with Crippen LogP contribution in [0.1, 0.15) is 62.5 Å². The van der Waals surface area contributed by atoms with Crippen molar-refractivity contribution in [3.8, 4) is 22.8 Å².